The third-order valence-electron chi connectivity index (χ3n) is 5.63. The molecule has 1 atom stereocenters. The summed E-state index contributed by atoms with van der Waals surface area (Å²) in [4.78, 5) is 15.9. The number of aromatic carboxylic acids is 1. The summed E-state index contributed by atoms with van der Waals surface area (Å²) in [6, 6.07) is 5.41. The van der Waals surface area contributed by atoms with Crippen LogP contribution in [-0.4, -0.2) is 32.9 Å². The van der Waals surface area contributed by atoms with Gasteiger partial charge in [-0.3, -0.25) is 4.68 Å². The van der Waals surface area contributed by atoms with Crippen LogP contribution in [0.25, 0.3) is 11.1 Å². The maximum atomic E-state index is 13.6. The van der Waals surface area contributed by atoms with Crippen molar-refractivity contribution in [2.24, 2.45) is 7.05 Å². The van der Waals surface area contributed by atoms with E-state index >= 15 is 0 Å². The average molecular weight is 439 g/mol. The fourth-order valence-corrected chi connectivity index (χ4v) is 4.03. The zero-order valence-electron chi connectivity index (χ0n) is 18.2. The molecule has 2 heterocycles. The van der Waals surface area contributed by atoms with E-state index in [1.165, 1.54) is 12.1 Å². The normalized spacial score (nSPS) is 14.4. The van der Waals surface area contributed by atoms with Gasteiger partial charge in [0.2, 0.25) is 0 Å². The van der Waals surface area contributed by atoms with Crippen molar-refractivity contribution >= 4 is 11.8 Å². The van der Waals surface area contributed by atoms with Gasteiger partial charge in [-0.2, -0.15) is 5.10 Å². The first-order valence-corrected chi connectivity index (χ1v) is 10.5. The van der Waals surface area contributed by atoms with Crippen LogP contribution in [-0.2, 0) is 13.6 Å². The number of ether oxygens (including phenoxy) is 1. The molecule has 4 N–H and O–H groups in total. The fourth-order valence-electron chi connectivity index (χ4n) is 4.03. The topological polar surface area (TPSA) is 115 Å². The Morgan fingerprint density at radius 2 is 2.16 bits per heavy atom. The number of hydrogen-bond acceptors (Lipinski definition) is 6. The van der Waals surface area contributed by atoms with Gasteiger partial charge < -0.3 is 20.9 Å². The molecule has 2 aromatic heterocycles. The molecule has 9 heteroatoms. The lowest BCUT2D eigenvalue weighted by Gasteiger charge is -2.19. The number of carboxylic acid groups (broad SMARTS) is 1. The van der Waals surface area contributed by atoms with E-state index < -0.39 is 17.9 Å². The van der Waals surface area contributed by atoms with E-state index in [1.54, 1.807) is 13.1 Å². The maximum Gasteiger partial charge on any atom is 0.336 e. The summed E-state index contributed by atoms with van der Waals surface area (Å²) in [5.41, 5.74) is 10.2. The minimum Gasteiger partial charge on any atom is -0.482 e. The highest BCUT2D eigenvalue weighted by Crippen LogP contribution is 2.46. The number of carboxylic acids is 1. The Balaban J connectivity index is 1.72. The molecule has 1 aliphatic carbocycles. The van der Waals surface area contributed by atoms with Crippen LogP contribution in [0.15, 0.2) is 30.5 Å². The summed E-state index contributed by atoms with van der Waals surface area (Å²) in [5, 5.41) is 17.3. The Labute approximate surface area is 185 Å². The van der Waals surface area contributed by atoms with Gasteiger partial charge in [0.15, 0.2) is 11.6 Å². The summed E-state index contributed by atoms with van der Waals surface area (Å²) >= 11 is 0. The first-order valence-electron chi connectivity index (χ1n) is 10.5. The molecule has 0 radical (unpaired) electrons. The summed E-state index contributed by atoms with van der Waals surface area (Å²) in [6.45, 7) is 2.29. The molecule has 0 saturated heterocycles. The molecule has 4 rings (SSSR count). The average Bonchev–Trinajstić information content (AvgIpc) is 3.53. The number of aryl methyl sites for hydroxylation is 1. The van der Waals surface area contributed by atoms with Crippen LogP contribution < -0.4 is 15.8 Å². The zero-order valence-corrected chi connectivity index (χ0v) is 18.2. The second kappa shape index (κ2) is 8.58. The van der Waals surface area contributed by atoms with Gasteiger partial charge in [0, 0.05) is 48.1 Å². The van der Waals surface area contributed by atoms with Gasteiger partial charge in [-0.15, -0.1) is 0 Å². The predicted molar refractivity (Wildman–Crippen MR) is 118 cm³/mol. The van der Waals surface area contributed by atoms with Gasteiger partial charge >= 0.3 is 5.97 Å². The van der Waals surface area contributed by atoms with Crippen molar-refractivity contribution < 1.29 is 19.0 Å². The van der Waals surface area contributed by atoms with E-state index in [2.05, 4.69) is 10.3 Å². The van der Waals surface area contributed by atoms with Crippen molar-refractivity contribution in [2.75, 3.05) is 12.8 Å². The molecule has 1 fully saturated rings. The van der Waals surface area contributed by atoms with E-state index in [-0.39, 0.29) is 11.4 Å². The van der Waals surface area contributed by atoms with Crippen LogP contribution in [0.2, 0.25) is 0 Å². The quantitative estimate of drug-likeness (QED) is 0.491. The van der Waals surface area contributed by atoms with Crippen LogP contribution in [0.3, 0.4) is 0 Å². The number of nitrogens with one attached hydrogen (secondary N) is 1. The highest BCUT2D eigenvalue weighted by Gasteiger charge is 2.32. The standard InChI is InChI=1S/C23H26FN5O3/c1-12(16-7-6-15(24)9-17(16)23(30)31)32-19-8-14(10-27-22(19)25)20-18(11-26-2)28-29(3)21(20)13-4-5-13/h6-10,12-13,26H,4-5,11H2,1-3H3,(H2,25,27)(H,30,31). The number of pyridine rings is 1. The molecule has 0 spiro atoms. The van der Waals surface area contributed by atoms with Crippen molar-refractivity contribution in [3.8, 4) is 16.9 Å². The number of hydrogen-bond donors (Lipinski definition) is 3. The van der Waals surface area contributed by atoms with Crippen molar-refractivity contribution in [2.45, 2.75) is 38.3 Å². The van der Waals surface area contributed by atoms with Crippen LogP contribution >= 0.6 is 0 Å². The maximum absolute atomic E-state index is 13.6. The number of carbonyl (C=O) groups is 1. The van der Waals surface area contributed by atoms with Gasteiger partial charge in [0.25, 0.3) is 0 Å². The lowest BCUT2D eigenvalue weighted by molar-refractivity contribution is 0.0691. The number of benzene rings is 1. The Kier molecular flexibility index (Phi) is 5.84. The van der Waals surface area contributed by atoms with Crippen molar-refractivity contribution in [3.63, 3.8) is 0 Å². The Bertz CT molecular complexity index is 1170. The molecule has 32 heavy (non-hydrogen) atoms. The number of halogens is 1. The largest absolute Gasteiger partial charge is 0.482 e. The van der Waals surface area contributed by atoms with E-state index in [0.29, 0.717) is 23.8 Å². The van der Waals surface area contributed by atoms with E-state index in [1.807, 2.05) is 24.8 Å². The lowest BCUT2D eigenvalue weighted by Crippen LogP contribution is -2.12. The number of anilines is 1. The summed E-state index contributed by atoms with van der Waals surface area (Å²) in [7, 11) is 3.82. The molecule has 0 aliphatic heterocycles. The third-order valence-corrected chi connectivity index (χ3v) is 5.63. The van der Waals surface area contributed by atoms with E-state index in [9.17, 15) is 14.3 Å². The summed E-state index contributed by atoms with van der Waals surface area (Å²) < 4.78 is 21.5. The predicted octanol–water partition coefficient (Wildman–Crippen LogP) is 3.64. The monoisotopic (exact) mass is 439 g/mol. The molecule has 3 aromatic rings. The van der Waals surface area contributed by atoms with Crippen molar-refractivity contribution in [1.29, 1.82) is 0 Å². The molecular weight excluding hydrogens is 413 g/mol. The third kappa shape index (κ3) is 4.16. The Morgan fingerprint density at radius 3 is 2.81 bits per heavy atom. The van der Waals surface area contributed by atoms with Crippen LogP contribution in [0, 0.1) is 5.82 Å². The van der Waals surface area contributed by atoms with E-state index in [4.69, 9.17) is 15.6 Å². The number of nitrogens with two attached hydrogens (primary N) is 1. The zero-order chi connectivity index (χ0) is 23.0. The second-order valence-electron chi connectivity index (χ2n) is 8.04. The summed E-state index contributed by atoms with van der Waals surface area (Å²) in [5.74, 6) is -0.867. The highest BCUT2D eigenvalue weighted by atomic mass is 19.1. The SMILES string of the molecule is CNCc1nn(C)c(C2CC2)c1-c1cnc(N)c(OC(C)c2ccc(F)cc2C(=O)O)c1. The fraction of sp³-hybridized carbons (Fsp3) is 0.348. The number of aromatic nitrogens is 3. The molecule has 1 saturated carbocycles. The van der Waals surface area contributed by atoms with Crippen LogP contribution in [0.5, 0.6) is 5.75 Å². The van der Waals surface area contributed by atoms with Gasteiger partial charge in [0.1, 0.15) is 11.9 Å². The van der Waals surface area contributed by atoms with Gasteiger partial charge in [-0.1, -0.05) is 6.07 Å². The first-order chi connectivity index (χ1) is 15.3. The summed E-state index contributed by atoms with van der Waals surface area (Å²) in [6.07, 6.45) is 3.26. The molecule has 168 valence electrons. The number of nitrogens with zero attached hydrogens (tertiary/aromatic N) is 3. The van der Waals surface area contributed by atoms with E-state index in [0.717, 1.165) is 41.4 Å². The van der Waals surface area contributed by atoms with Gasteiger partial charge in [0.05, 0.1) is 11.3 Å². The first kappa shape index (κ1) is 21.8. The molecular formula is C23H26FN5O3. The van der Waals surface area contributed by atoms with Gasteiger partial charge in [-0.25, -0.2) is 14.2 Å². The minimum absolute atomic E-state index is 0.153. The molecule has 1 aliphatic rings. The molecule has 1 unspecified atom stereocenters. The van der Waals surface area contributed by atoms with Crippen LogP contribution in [0.4, 0.5) is 10.2 Å². The number of nitrogen functional groups attached to an aromatic ring is 1. The lowest BCUT2D eigenvalue weighted by atomic mass is 10.0. The minimum atomic E-state index is -1.23. The Hall–Kier alpha value is -3.46. The van der Waals surface area contributed by atoms with Crippen molar-refractivity contribution in [3.05, 3.63) is 58.8 Å². The number of rotatable bonds is 8. The van der Waals surface area contributed by atoms with Crippen LogP contribution in [0.1, 0.15) is 59.1 Å². The molecule has 0 bridgehead atoms. The highest BCUT2D eigenvalue weighted by molar-refractivity contribution is 5.89. The molecule has 1 aromatic carbocycles. The Morgan fingerprint density at radius 1 is 1.41 bits per heavy atom. The molecule has 0 amide bonds. The second-order valence-corrected chi connectivity index (χ2v) is 8.04. The van der Waals surface area contributed by atoms with Gasteiger partial charge in [-0.05, 0) is 45.0 Å². The van der Waals surface area contributed by atoms with Crippen molar-refractivity contribution in [1.82, 2.24) is 20.1 Å². The molecule has 8 nitrogen and oxygen atoms in total. The smallest absolute Gasteiger partial charge is 0.336 e.